The van der Waals surface area contributed by atoms with Crippen LogP contribution in [0.4, 0.5) is 5.13 Å². The molecule has 2 atom stereocenters. The molecule has 180 valence electrons. The van der Waals surface area contributed by atoms with Gasteiger partial charge in [-0.1, -0.05) is 24.3 Å². The molecule has 1 aromatic heterocycles. The third-order valence-corrected chi connectivity index (χ3v) is 9.63. The summed E-state index contributed by atoms with van der Waals surface area (Å²) in [6.45, 7) is 5.51. The average Bonchev–Trinajstić information content (AvgIpc) is 3.40. The van der Waals surface area contributed by atoms with Crippen LogP contribution in [-0.4, -0.2) is 78.9 Å². The van der Waals surface area contributed by atoms with Crippen LogP contribution in [0, 0.1) is 12.8 Å². The second kappa shape index (κ2) is 9.65. The van der Waals surface area contributed by atoms with E-state index in [2.05, 4.69) is 22.5 Å². The molecule has 0 aliphatic carbocycles. The topological polar surface area (TPSA) is 112 Å². The number of hydrogen-bond donors (Lipinski definition) is 2. The number of hydrogen-bond acceptors (Lipinski definition) is 7. The van der Waals surface area contributed by atoms with Gasteiger partial charge in [-0.3, -0.25) is 9.59 Å². The Bertz CT molecular complexity index is 1140. The first-order chi connectivity index (χ1) is 15.6. The molecular formula is C22H31N5O4S2. The van der Waals surface area contributed by atoms with Gasteiger partial charge in [-0.05, 0) is 49.8 Å². The van der Waals surface area contributed by atoms with E-state index in [0.717, 1.165) is 46.0 Å². The molecule has 33 heavy (non-hydrogen) atoms. The van der Waals surface area contributed by atoms with Gasteiger partial charge in [0.15, 0.2) is 5.13 Å². The summed E-state index contributed by atoms with van der Waals surface area (Å²) in [5.74, 6) is 0.148. The molecule has 2 unspecified atom stereocenters. The fraction of sp³-hybridized carbons (Fsp3) is 0.591. The quantitative estimate of drug-likeness (QED) is 0.635. The minimum absolute atomic E-state index is 0.0222. The standard InChI is InChI=1S/C22H31N5O4S2/c1-14-6-8-27(9-7-14)21(29)18-11-16(12-23-18)33(30,31)26(3)13-20(28)25-22-24-17-5-4-15(2)10-19(17)32-22/h4-5,10,14,16,18,23H,6-9,11-13H2,1-3H3,(H,24,25,28). The van der Waals surface area contributed by atoms with Crippen molar-refractivity contribution >= 4 is 48.5 Å². The van der Waals surface area contributed by atoms with Crippen molar-refractivity contribution in [1.29, 1.82) is 0 Å². The van der Waals surface area contributed by atoms with Crippen LogP contribution >= 0.6 is 11.3 Å². The Balaban J connectivity index is 1.32. The number of fused-ring (bicyclic) bond motifs is 1. The minimum atomic E-state index is -3.74. The van der Waals surface area contributed by atoms with E-state index >= 15 is 0 Å². The van der Waals surface area contributed by atoms with Crippen molar-refractivity contribution in [2.24, 2.45) is 5.92 Å². The molecule has 1 aromatic carbocycles. The molecule has 3 heterocycles. The summed E-state index contributed by atoms with van der Waals surface area (Å²) < 4.78 is 28.1. The molecule has 2 aliphatic rings. The smallest absolute Gasteiger partial charge is 0.241 e. The molecule has 4 rings (SSSR count). The molecule has 2 fully saturated rings. The van der Waals surface area contributed by atoms with Gasteiger partial charge in [-0.15, -0.1) is 0 Å². The van der Waals surface area contributed by atoms with Crippen LogP contribution in [0.1, 0.15) is 31.7 Å². The zero-order valence-corrected chi connectivity index (χ0v) is 20.8. The molecule has 2 aliphatic heterocycles. The van der Waals surface area contributed by atoms with Gasteiger partial charge in [0.2, 0.25) is 21.8 Å². The zero-order chi connectivity index (χ0) is 23.8. The molecule has 0 spiro atoms. The van der Waals surface area contributed by atoms with Crippen LogP contribution in [-0.2, 0) is 19.6 Å². The predicted octanol–water partition coefficient (Wildman–Crippen LogP) is 1.79. The van der Waals surface area contributed by atoms with Gasteiger partial charge in [0.1, 0.15) is 0 Å². The zero-order valence-electron chi connectivity index (χ0n) is 19.2. The fourth-order valence-corrected chi connectivity index (χ4v) is 6.89. The maximum atomic E-state index is 13.1. The van der Waals surface area contributed by atoms with Crippen LogP contribution in [0.5, 0.6) is 0 Å². The van der Waals surface area contributed by atoms with Gasteiger partial charge in [0.05, 0.1) is 28.1 Å². The van der Waals surface area contributed by atoms with Crippen molar-refractivity contribution in [1.82, 2.24) is 19.5 Å². The third-order valence-electron chi connectivity index (χ3n) is 6.50. The number of nitrogens with one attached hydrogen (secondary N) is 2. The first-order valence-corrected chi connectivity index (χ1v) is 13.6. The van der Waals surface area contributed by atoms with Crippen LogP contribution in [0.15, 0.2) is 18.2 Å². The van der Waals surface area contributed by atoms with Gasteiger partial charge in [0, 0.05) is 26.7 Å². The molecule has 0 saturated carbocycles. The summed E-state index contributed by atoms with van der Waals surface area (Å²) in [6, 6.07) is 5.34. The number of benzene rings is 1. The van der Waals surface area contributed by atoms with E-state index in [9.17, 15) is 18.0 Å². The second-order valence-corrected chi connectivity index (χ2v) is 12.5. The van der Waals surface area contributed by atoms with Gasteiger partial charge >= 0.3 is 0 Å². The predicted molar refractivity (Wildman–Crippen MR) is 130 cm³/mol. The Morgan fingerprint density at radius 2 is 2.03 bits per heavy atom. The summed E-state index contributed by atoms with van der Waals surface area (Å²) in [5, 5.41) is 5.49. The number of carbonyl (C=O) groups is 2. The third kappa shape index (κ3) is 5.37. The normalized spacial score (nSPS) is 22.2. The minimum Gasteiger partial charge on any atom is -0.341 e. The number of amides is 2. The molecule has 11 heteroatoms. The van der Waals surface area contributed by atoms with E-state index < -0.39 is 27.2 Å². The van der Waals surface area contributed by atoms with Crippen molar-refractivity contribution in [2.45, 2.75) is 44.4 Å². The Labute approximate surface area is 198 Å². The largest absolute Gasteiger partial charge is 0.341 e. The molecule has 2 N–H and O–H groups in total. The highest BCUT2D eigenvalue weighted by molar-refractivity contribution is 7.89. The van der Waals surface area contributed by atoms with Crippen molar-refractivity contribution in [2.75, 3.05) is 38.5 Å². The monoisotopic (exact) mass is 493 g/mol. The summed E-state index contributed by atoms with van der Waals surface area (Å²) in [5.41, 5.74) is 1.89. The van der Waals surface area contributed by atoms with E-state index in [1.165, 1.54) is 18.4 Å². The molecule has 0 bridgehead atoms. The number of sulfonamides is 1. The maximum Gasteiger partial charge on any atom is 0.241 e. The number of likely N-dealkylation sites (tertiary alicyclic amines) is 1. The van der Waals surface area contributed by atoms with E-state index in [1.807, 2.05) is 30.0 Å². The maximum absolute atomic E-state index is 13.1. The lowest BCUT2D eigenvalue weighted by atomic mass is 9.98. The van der Waals surface area contributed by atoms with E-state index in [4.69, 9.17) is 0 Å². The number of likely N-dealkylation sites (N-methyl/N-ethyl adjacent to an activating group) is 1. The highest BCUT2D eigenvalue weighted by Crippen LogP contribution is 2.27. The molecular weight excluding hydrogens is 462 g/mol. The van der Waals surface area contributed by atoms with Crippen LogP contribution in [0.25, 0.3) is 10.2 Å². The first-order valence-electron chi connectivity index (χ1n) is 11.3. The number of aromatic nitrogens is 1. The fourth-order valence-electron chi connectivity index (χ4n) is 4.36. The van der Waals surface area contributed by atoms with Crippen LogP contribution < -0.4 is 10.6 Å². The van der Waals surface area contributed by atoms with Gasteiger partial charge in [-0.25, -0.2) is 13.4 Å². The SMILES string of the molecule is Cc1ccc2nc(NC(=O)CN(C)S(=O)(=O)C3CNC(C(=O)N4CCC(C)CC4)C3)sc2c1. The Morgan fingerprint density at radius 3 is 2.76 bits per heavy atom. The van der Waals surface area contributed by atoms with E-state index in [-0.39, 0.29) is 25.4 Å². The van der Waals surface area contributed by atoms with Crippen molar-refractivity contribution < 1.29 is 18.0 Å². The highest BCUT2D eigenvalue weighted by Gasteiger charge is 2.41. The molecule has 2 aromatic rings. The molecule has 0 radical (unpaired) electrons. The molecule has 2 amide bonds. The van der Waals surface area contributed by atoms with E-state index in [0.29, 0.717) is 11.0 Å². The summed E-state index contributed by atoms with van der Waals surface area (Å²) in [6.07, 6.45) is 2.18. The first kappa shape index (κ1) is 24.1. The Hall–Kier alpha value is -2.08. The van der Waals surface area contributed by atoms with Crippen molar-refractivity contribution in [3.63, 3.8) is 0 Å². The lowest BCUT2D eigenvalue weighted by molar-refractivity contribution is -0.134. The van der Waals surface area contributed by atoms with E-state index in [1.54, 1.807) is 0 Å². The van der Waals surface area contributed by atoms with Gasteiger partial charge < -0.3 is 15.5 Å². The van der Waals surface area contributed by atoms with Crippen LogP contribution in [0.2, 0.25) is 0 Å². The lowest BCUT2D eigenvalue weighted by Gasteiger charge is -2.32. The Morgan fingerprint density at radius 1 is 1.30 bits per heavy atom. The second-order valence-electron chi connectivity index (χ2n) is 9.17. The number of rotatable bonds is 6. The van der Waals surface area contributed by atoms with Gasteiger partial charge in [-0.2, -0.15) is 4.31 Å². The lowest BCUT2D eigenvalue weighted by Crippen LogP contribution is -2.46. The molecule has 2 saturated heterocycles. The molecule has 9 nitrogen and oxygen atoms in total. The number of anilines is 1. The van der Waals surface area contributed by atoms with Crippen LogP contribution in [0.3, 0.4) is 0 Å². The van der Waals surface area contributed by atoms with Crippen molar-refractivity contribution in [3.8, 4) is 0 Å². The number of carbonyl (C=O) groups excluding carboxylic acids is 2. The summed E-state index contributed by atoms with van der Waals surface area (Å²) in [4.78, 5) is 31.5. The number of thiazole rings is 1. The van der Waals surface area contributed by atoms with Gasteiger partial charge in [0.25, 0.3) is 0 Å². The average molecular weight is 494 g/mol. The summed E-state index contributed by atoms with van der Waals surface area (Å²) in [7, 11) is -2.34. The number of nitrogens with zero attached hydrogens (tertiary/aromatic N) is 3. The highest BCUT2D eigenvalue weighted by atomic mass is 32.2. The number of aryl methyl sites for hydroxylation is 1. The summed E-state index contributed by atoms with van der Waals surface area (Å²) >= 11 is 1.35. The number of piperidine rings is 1. The Kier molecular flexibility index (Phi) is 7.04. The van der Waals surface area contributed by atoms with Crippen molar-refractivity contribution in [3.05, 3.63) is 23.8 Å².